The molecule has 1 unspecified atom stereocenters. The van der Waals surface area contributed by atoms with Crippen LogP contribution >= 0.6 is 0 Å². The second-order valence-electron chi connectivity index (χ2n) is 6.53. The number of benzene rings is 1. The molecule has 0 aliphatic heterocycles. The van der Waals surface area contributed by atoms with Gasteiger partial charge in [-0.2, -0.15) is 8.42 Å². The zero-order chi connectivity index (χ0) is 17.1. The Kier molecular flexibility index (Phi) is 9.49. The third kappa shape index (κ3) is 8.52. The molecule has 132 valence electrons. The fourth-order valence-corrected chi connectivity index (χ4v) is 3.58. The Morgan fingerprint density at radius 3 is 2.04 bits per heavy atom. The van der Waals surface area contributed by atoms with E-state index >= 15 is 0 Å². The maximum atomic E-state index is 11.1. The third-order valence-corrected chi connectivity index (χ3v) is 5.28. The summed E-state index contributed by atoms with van der Waals surface area (Å²) in [6.07, 6.45) is 12.6. The van der Waals surface area contributed by atoms with E-state index in [9.17, 15) is 8.42 Å². The van der Waals surface area contributed by atoms with Gasteiger partial charge >= 0.3 is 0 Å². The van der Waals surface area contributed by atoms with Crippen LogP contribution in [0.2, 0.25) is 0 Å². The maximum Gasteiger partial charge on any atom is 0.294 e. The van der Waals surface area contributed by atoms with Crippen molar-refractivity contribution in [2.24, 2.45) is 5.92 Å². The lowest BCUT2D eigenvalue weighted by atomic mass is 9.90. The van der Waals surface area contributed by atoms with Crippen LogP contribution in [0.1, 0.15) is 77.2 Å². The highest BCUT2D eigenvalue weighted by atomic mass is 32.2. The van der Waals surface area contributed by atoms with Crippen molar-refractivity contribution in [3.63, 3.8) is 0 Å². The van der Waals surface area contributed by atoms with E-state index in [1.54, 1.807) is 0 Å². The molecule has 0 amide bonds. The molecule has 0 aliphatic rings. The third-order valence-electron chi connectivity index (χ3n) is 4.41. The van der Waals surface area contributed by atoms with Crippen molar-refractivity contribution >= 4 is 10.1 Å². The molecule has 0 saturated carbocycles. The number of rotatable bonds is 12. The minimum absolute atomic E-state index is 0.0239. The van der Waals surface area contributed by atoms with Crippen molar-refractivity contribution in [2.75, 3.05) is 0 Å². The van der Waals surface area contributed by atoms with Crippen molar-refractivity contribution < 1.29 is 13.0 Å². The summed E-state index contributed by atoms with van der Waals surface area (Å²) in [6.45, 7) is 4.46. The van der Waals surface area contributed by atoms with Crippen LogP contribution in [0.25, 0.3) is 0 Å². The summed E-state index contributed by atoms with van der Waals surface area (Å²) in [5.74, 6) is 0.669. The van der Waals surface area contributed by atoms with Gasteiger partial charge in [0, 0.05) is 0 Å². The lowest BCUT2D eigenvalue weighted by Crippen LogP contribution is -2.05. The van der Waals surface area contributed by atoms with Crippen molar-refractivity contribution in [1.82, 2.24) is 0 Å². The monoisotopic (exact) mass is 340 g/mol. The first-order chi connectivity index (χ1) is 11.0. The highest BCUT2D eigenvalue weighted by Crippen LogP contribution is 2.22. The van der Waals surface area contributed by atoms with Crippen LogP contribution in [0.4, 0.5) is 0 Å². The second-order valence-corrected chi connectivity index (χ2v) is 7.96. The smallest absolute Gasteiger partial charge is 0.282 e. The van der Waals surface area contributed by atoms with E-state index in [4.69, 9.17) is 4.55 Å². The number of hydrogen-bond acceptors (Lipinski definition) is 2. The van der Waals surface area contributed by atoms with E-state index in [-0.39, 0.29) is 4.90 Å². The average molecular weight is 341 g/mol. The Morgan fingerprint density at radius 2 is 1.48 bits per heavy atom. The molecular weight excluding hydrogens is 308 g/mol. The normalized spacial score (nSPS) is 13.2. The zero-order valence-electron chi connectivity index (χ0n) is 14.6. The summed E-state index contributed by atoms with van der Waals surface area (Å²) in [7, 11) is -4.08. The summed E-state index contributed by atoms with van der Waals surface area (Å²) >= 11 is 0. The van der Waals surface area contributed by atoms with E-state index in [1.165, 1.54) is 69.9 Å². The van der Waals surface area contributed by atoms with Gasteiger partial charge in [0.2, 0.25) is 0 Å². The molecule has 0 aliphatic carbocycles. The highest BCUT2D eigenvalue weighted by Gasteiger charge is 2.12. The van der Waals surface area contributed by atoms with Crippen molar-refractivity contribution in [3.8, 4) is 0 Å². The van der Waals surface area contributed by atoms with Gasteiger partial charge in [-0.05, 0) is 30.0 Å². The first kappa shape index (κ1) is 20.2. The standard InChI is InChI=1S/C19H32O3S/c1-3-5-6-7-8-9-11-17(10-4-2)16-18-12-14-19(15-13-18)23(20,21)22/h12-15,17H,3-11,16H2,1-2H3,(H,20,21,22). The van der Waals surface area contributed by atoms with Gasteiger partial charge in [-0.3, -0.25) is 4.55 Å². The molecule has 3 nitrogen and oxygen atoms in total. The van der Waals surface area contributed by atoms with Crippen LogP contribution in [-0.4, -0.2) is 13.0 Å². The summed E-state index contributed by atoms with van der Waals surface area (Å²) in [5, 5.41) is 0. The lowest BCUT2D eigenvalue weighted by molar-refractivity contribution is 0.417. The van der Waals surface area contributed by atoms with Crippen molar-refractivity contribution in [1.29, 1.82) is 0 Å². The van der Waals surface area contributed by atoms with Gasteiger partial charge in [0.1, 0.15) is 0 Å². The topological polar surface area (TPSA) is 54.4 Å². The molecule has 1 aromatic rings. The largest absolute Gasteiger partial charge is 0.294 e. The van der Waals surface area contributed by atoms with E-state index in [1.807, 2.05) is 12.1 Å². The van der Waals surface area contributed by atoms with Gasteiger partial charge in [0.15, 0.2) is 0 Å². The first-order valence-corrected chi connectivity index (χ1v) is 10.5. The number of unbranched alkanes of at least 4 members (excludes halogenated alkanes) is 5. The fourth-order valence-electron chi connectivity index (χ4n) is 3.10. The quantitative estimate of drug-likeness (QED) is 0.395. The van der Waals surface area contributed by atoms with E-state index in [0.717, 1.165) is 12.0 Å². The average Bonchev–Trinajstić information content (AvgIpc) is 2.50. The molecule has 1 N–H and O–H groups in total. The minimum Gasteiger partial charge on any atom is -0.282 e. The van der Waals surface area contributed by atoms with Crippen molar-refractivity contribution in [3.05, 3.63) is 29.8 Å². The van der Waals surface area contributed by atoms with Gasteiger partial charge in [0.25, 0.3) is 10.1 Å². The summed E-state index contributed by atoms with van der Waals surface area (Å²) < 4.78 is 31.2. The molecule has 0 radical (unpaired) electrons. The summed E-state index contributed by atoms with van der Waals surface area (Å²) in [5.41, 5.74) is 1.15. The molecule has 23 heavy (non-hydrogen) atoms. The van der Waals surface area contributed by atoms with Crippen molar-refractivity contribution in [2.45, 2.75) is 83.0 Å². The molecule has 1 rings (SSSR count). The Morgan fingerprint density at radius 1 is 0.870 bits per heavy atom. The van der Waals surface area contributed by atoms with E-state index in [0.29, 0.717) is 5.92 Å². The van der Waals surface area contributed by atoms with E-state index < -0.39 is 10.1 Å². The molecule has 1 aromatic carbocycles. The molecule has 4 heteroatoms. The molecule has 0 heterocycles. The molecule has 0 fully saturated rings. The molecule has 0 aromatic heterocycles. The Hall–Kier alpha value is -0.870. The van der Waals surface area contributed by atoms with Gasteiger partial charge in [-0.25, -0.2) is 0 Å². The van der Waals surface area contributed by atoms with Crippen LogP contribution in [-0.2, 0) is 16.5 Å². The second kappa shape index (κ2) is 10.8. The predicted octanol–water partition coefficient (Wildman–Crippen LogP) is 5.64. The van der Waals surface area contributed by atoms with Gasteiger partial charge in [-0.1, -0.05) is 83.8 Å². The Labute approximate surface area is 142 Å². The zero-order valence-corrected chi connectivity index (χ0v) is 15.4. The van der Waals surface area contributed by atoms with Gasteiger partial charge in [-0.15, -0.1) is 0 Å². The fraction of sp³-hybridized carbons (Fsp3) is 0.684. The SMILES string of the molecule is CCCCCCCCC(CCC)Cc1ccc(S(=O)(=O)O)cc1. The molecule has 0 saturated heterocycles. The first-order valence-electron chi connectivity index (χ1n) is 9.03. The molecule has 0 spiro atoms. The van der Waals surface area contributed by atoms with Crippen LogP contribution in [0, 0.1) is 5.92 Å². The predicted molar refractivity (Wildman–Crippen MR) is 96.4 cm³/mol. The van der Waals surface area contributed by atoms with E-state index in [2.05, 4.69) is 13.8 Å². The van der Waals surface area contributed by atoms with Crippen LogP contribution in [0.5, 0.6) is 0 Å². The minimum atomic E-state index is -4.08. The summed E-state index contributed by atoms with van der Waals surface area (Å²) in [6, 6.07) is 6.65. The Balaban J connectivity index is 2.45. The highest BCUT2D eigenvalue weighted by molar-refractivity contribution is 7.85. The molecular formula is C19H32O3S. The van der Waals surface area contributed by atoms with Gasteiger partial charge in [0.05, 0.1) is 4.90 Å². The maximum absolute atomic E-state index is 11.1. The lowest BCUT2D eigenvalue weighted by Gasteiger charge is -2.16. The van der Waals surface area contributed by atoms with Gasteiger partial charge < -0.3 is 0 Å². The Bertz CT molecular complexity index is 520. The summed E-state index contributed by atoms with van der Waals surface area (Å²) in [4.78, 5) is -0.0239. The molecule has 0 bridgehead atoms. The van der Waals surface area contributed by atoms with Crippen LogP contribution < -0.4 is 0 Å². The molecule has 1 atom stereocenters. The van der Waals surface area contributed by atoms with Crippen LogP contribution in [0.15, 0.2) is 29.2 Å². The van der Waals surface area contributed by atoms with Crippen LogP contribution in [0.3, 0.4) is 0 Å². The number of hydrogen-bond donors (Lipinski definition) is 1.